The second kappa shape index (κ2) is 12.6. The van der Waals surface area contributed by atoms with E-state index in [1.807, 2.05) is 25.7 Å². The minimum absolute atomic E-state index is 0.0221. The van der Waals surface area contributed by atoms with E-state index >= 15 is 8.78 Å². The highest BCUT2D eigenvalue weighted by atomic mass is 32.2. The zero-order valence-electron chi connectivity index (χ0n) is 25.7. The molecule has 1 atom stereocenters. The smallest absolute Gasteiger partial charge is 0.350 e. The molecule has 1 fully saturated rings. The SMILES string of the molecule is C=CC(=O)N1CCN(c2nc(=O)n3c4nc(c(F)cc24)-c2c(F)cccc2SCCCC(=O)Nc2ccnc(C(C)C)c2-3)[C@H](C)C1. The maximum absolute atomic E-state index is 16.3. The molecule has 2 aliphatic rings. The molecule has 2 bridgehead atoms. The molecule has 2 aliphatic heterocycles. The quantitative estimate of drug-likeness (QED) is 0.299. The molecule has 13 heteroatoms. The molecule has 1 saturated heterocycles. The van der Waals surface area contributed by atoms with E-state index in [1.165, 1.54) is 34.5 Å². The van der Waals surface area contributed by atoms with E-state index in [0.29, 0.717) is 48.1 Å². The van der Waals surface area contributed by atoms with E-state index < -0.39 is 17.3 Å². The maximum atomic E-state index is 16.3. The Morgan fingerprint density at radius 1 is 1.15 bits per heavy atom. The van der Waals surface area contributed by atoms with Crippen LogP contribution >= 0.6 is 11.8 Å². The minimum Gasteiger partial charge on any atom is -0.350 e. The van der Waals surface area contributed by atoms with Crippen molar-refractivity contribution in [1.29, 1.82) is 0 Å². The van der Waals surface area contributed by atoms with Gasteiger partial charge in [-0.05, 0) is 55.4 Å². The van der Waals surface area contributed by atoms with Gasteiger partial charge in [-0.1, -0.05) is 26.5 Å². The van der Waals surface area contributed by atoms with Crippen molar-refractivity contribution in [3.05, 3.63) is 77.0 Å². The first-order valence-electron chi connectivity index (χ1n) is 15.1. The van der Waals surface area contributed by atoms with Crippen LogP contribution < -0.4 is 15.9 Å². The molecule has 0 radical (unpaired) electrons. The highest BCUT2D eigenvalue weighted by molar-refractivity contribution is 7.99. The number of aromatic nitrogens is 4. The first kappa shape index (κ1) is 31.3. The summed E-state index contributed by atoms with van der Waals surface area (Å²) in [6.07, 6.45) is 3.46. The van der Waals surface area contributed by atoms with Crippen LogP contribution in [0, 0.1) is 11.6 Å². The number of piperazine rings is 1. The summed E-state index contributed by atoms with van der Waals surface area (Å²) in [6.45, 7) is 10.2. The van der Waals surface area contributed by atoms with E-state index in [9.17, 15) is 14.4 Å². The molecule has 0 unspecified atom stereocenters. The molecule has 0 saturated carbocycles. The Morgan fingerprint density at radius 3 is 2.70 bits per heavy atom. The van der Waals surface area contributed by atoms with Gasteiger partial charge in [0, 0.05) is 43.2 Å². The number of pyridine rings is 2. The van der Waals surface area contributed by atoms with Crippen molar-refractivity contribution in [3.8, 4) is 16.9 Å². The van der Waals surface area contributed by atoms with Gasteiger partial charge in [0.25, 0.3) is 0 Å². The van der Waals surface area contributed by atoms with E-state index in [1.54, 1.807) is 29.3 Å². The monoisotopic (exact) mass is 645 g/mol. The van der Waals surface area contributed by atoms with Gasteiger partial charge in [-0.25, -0.2) is 23.1 Å². The van der Waals surface area contributed by atoms with Crippen molar-refractivity contribution in [2.24, 2.45) is 0 Å². The maximum Gasteiger partial charge on any atom is 0.355 e. The number of hydrogen-bond donors (Lipinski definition) is 1. The van der Waals surface area contributed by atoms with Crippen LogP contribution in [-0.2, 0) is 9.59 Å². The van der Waals surface area contributed by atoms with E-state index in [4.69, 9.17) is 4.98 Å². The summed E-state index contributed by atoms with van der Waals surface area (Å²) in [5.41, 5.74) is 0.115. The lowest BCUT2D eigenvalue weighted by Crippen LogP contribution is -2.54. The number of hydrogen-bond acceptors (Lipinski definition) is 8. The number of benzene rings is 1. The molecule has 10 nitrogen and oxygen atoms in total. The lowest BCUT2D eigenvalue weighted by molar-refractivity contribution is -0.126. The van der Waals surface area contributed by atoms with Crippen molar-refractivity contribution in [2.75, 3.05) is 35.6 Å². The van der Waals surface area contributed by atoms with Crippen LogP contribution in [0.15, 0.2) is 58.9 Å². The van der Waals surface area contributed by atoms with Gasteiger partial charge in [0.05, 0.1) is 28.0 Å². The van der Waals surface area contributed by atoms with Crippen LogP contribution in [0.2, 0.25) is 0 Å². The predicted molar refractivity (Wildman–Crippen MR) is 175 cm³/mol. The zero-order chi connectivity index (χ0) is 32.7. The molecule has 0 aliphatic carbocycles. The van der Waals surface area contributed by atoms with Crippen molar-refractivity contribution in [2.45, 2.75) is 50.5 Å². The van der Waals surface area contributed by atoms with Crippen LogP contribution in [0.1, 0.15) is 45.2 Å². The number of fused-ring (bicyclic) bond motifs is 5. The van der Waals surface area contributed by atoms with Crippen molar-refractivity contribution < 1.29 is 18.4 Å². The van der Waals surface area contributed by atoms with E-state index in [0.717, 1.165) is 0 Å². The van der Waals surface area contributed by atoms with Gasteiger partial charge in [0.15, 0.2) is 11.5 Å². The Morgan fingerprint density at radius 2 is 1.96 bits per heavy atom. The highest BCUT2D eigenvalue weighted by Crippen LogP contribution is 2.39. The van der Waals surface area contributed by atoms with Crippen LogP contribution in [0.5, 0.6) is 0 Å². The fourth-order valence-corrected chi connectivity index (χ4v) is 7.04. The molecule has 6 rings (SSSR count). The van der Waals surface area contributed by atoms with Crippen LogP contribution in [-0.4, -0.2) is 67.7 Å². The summed E-state index contributed by atoms with van der Waals surface area (Å²) in [5.74, 6) is -1.44. The first-order valence-corrected chi connectivity index (χ1v) is 16.1. The van der Waals surface area contributed by atoms with E-state index in [2.05, 4.69) is 21.9 Å². The molecular weight excluding hydrogens is 612 g/mol. The number of rotatable bonds is 3. The standard InChI is InChI=1S/C33H33F2N7O3S/c1-5-26(44)40-13-14-41(19(4)17-40)31-20-16-22(35)29-27-21(34)8-6-9-24(27)46-15-7-10-25(43)37-23-11-12-36-28(18(2)3)30(23)42(32(20)38-29)33(45)39-31/h5-6,8-9,11-12,16,18-19H,1,7,10,13-15,17H2,2-4H3,(H,37,43)/t19-/m1/s1. The molecule has 0 spiro atoms. The third kappa shape index (κ3) is 5.63. The lowest BCUT2D eigenvalue weighted by atomic mass is 10.1. The molecule has 4 aromatic rings. The van der Waals surface area contributed by atoms with Gasteiger partial charge >= 0.3 is 5.69 Å². The van der Waals surface area contributed by atoms with Gasteiger partial charge in [-0.3, -0.25) is 14.6 Å². The Labute approximate surface area is 268 Å². The number of anilines is 2. The molecule has 238 valence electrons. The van der Waals surface area contributed by atoms with Gasteiger partial charge < -0.3 is 15.1 Å². The first-order chi connectivity index (χ1) is 22.1. The van der Waals surface area contributed by atoms with Crippen LogP contribution in [0.25, 0.3) is 28.0 Å². The Hall–Kier alpha value is -4.65. The molecule has 5 heterocycles. The summed E-state index contributed by atoms with van der Waals surface area (Å²) in [6, 6.07) is 7.02. The number of carbonyl (C=O) groups is 2. The average Bonchev–Trinajstić information content (AvgIpc) is 3.02. The topological polar surface area (TPSA) is 113 Å². The van der Waals surface area contributed by atoms with Crippen molar-refractivity contribution in [3.63, 3.8) is 0 Å². The summed E-state index contributed by atoms with van der Waals surface area (Å²) in [4.78, 5) is 57.4. The number of carbonyl (C=O) groups excluding carboxylic acids is 2. The normalized spacial score (nSPS) is 17.0. The highest BCUT2D eigenvalue weighted by Gasteiger charge is 2.31. The molecular formula is C33H33F2N7O3S. The number of nitrogens with zero attached hydrogens (tertiary/aromatic N) is 6. The second-order valence-electron chi connectivity index (χ2n) is 11.6. The van der Waals surface area contributed by atoms with Crippen LogP contribution in [0.3, 0.4) is 0 Å². The number of halogens is 2. The third-order valence-electron chi connectivity index (χ3n) is 8.20. The summed E-state index contributed by atoms with van der Waals surface area (Å²) < 4.78 is 33.1. The summed E-state index contributed by atoms with van der Waals surface area (Å²) in [7, 11) is 0. The molecule has 3 aromatic heterocycles. The van der Waals surface area contributed by atoms with Gasteiger partial charge in [-0.2, -0.15) is 4.98 Å². The molecule has 2 amide bonds. The summed E-state index contributed by atoms with van der Waals surface area (Å²) >= 11 is 1.31. The minimum atomic E-state index is -0.781. The zero-order valence-corrected chi connectivity index (χ0v) is 26.5. The molecule has 46 heavy (non-hydrogen) atoms. The Bertz CT molecular complexity index is 1950. The fraction of sp³-hybridized carbons (Fsp3) is 0.333. The Kier molecular flexibility index (Phi) is 8.60. The number of nitrogens with one attached hydrogen (secondary N) is 1. The van der Waals surface area contributed by atoms with Gasteiger partial charge in [0.1, 0.15) is 17.3 Å². The van der Waals surface area contributed by atoms with E-state index in [-0.39, 0.29) is 64.0 Å². The van der Waals surface area contributed by atoms with Gasteiger partial charge in [0.2, 0.25) is 11.8 Å². The Balaban J connectivity index is 1.69. The second-order valence-corrected chi connectivity index (χ2v) is 12.8. The molecule has 1 N–H and O–H groups in total. The summed E-state index contributed by atoms with van der Waals surface area (Å²) in [5, 5.41) is 3.15. The third-order valence-corrected chi connectivity index (χ3v) is 9.35. The number of amides is 2. The molecule has 1 aromatic carbocycles. The van der Waals surface area contributed by atoms with Crippen LogP contribution in [0.4, 0.5) is 20.3 Å². The van der Waals surface area contributed by atoms with Crippen molar-refractivity contribution in [1.82, 2.24) is 24.4 Å². The average molecular weight is 646 g/mol. The predicted octanol–water partition coefficient (Wildman–Crippen LogP) is 5.29. The largest absolute Gasteiger partial charge is 0.355 e. The number of thioether (sulfide) groups is 1. The van der Waals surface area contributed by atoms with Gasteiger partial charge in [-0.15, -0.1) is 11.8 Å². The fourth-order valence-electron chi connectivity index (χ4n) is 6.01. The van der Waals surface area contributed by atoms with Crippen molar-refractivity contribution >= 4 is 46.1 Å². The lowest BCUT2D eigenvalue weighted by Gasteiger charge is -2.40.